The highest BCUT2D eigenvalue weighted by atomic mass is 32.2. The number of hydrogen-bond acceptors (Lipinski definition) is 8. The fourth-order valence-electron chi connectivity index (χ4n) is 6.23. The zero-order valence-corrected chi connectivity index (χ0v) is 26.4. The van der Waals surface area contributed by atoms with E-state index in [0.29, 0.717) is 25.7 Å². The molecule has 0 saturated heterocycles. The van der Waals surface area contributed by atoms with Crippen molar-refractivity contribution >= 4 is 21.6 Å². The van der Waals surface area contributed by atoms with E-state index in [4.69, 9.17) is 0 Å². The van der Waals surface area contributed by atoms with Crippen LogP contribution in [0.2, 0.25) is 0 Å². The van der Waals surface area contributed by atoms with Crippen molar-refractivity contribution in [1.29, 1.82) is 10.5 Å². The van der Waals surface area contributed by atoms with E-state index in [2.05, 4.69) is 0 Å². The van der Waals surface area contributed by atoms with Crippen molar-refractivity contribution in [2.24, 2.45) is 0 Å². The van der Waals surface area contributed by atoms with Crippen LogP contribution in [-0.2, 0) is 16.0 Å². The van der Waals surface area contributed by atoms with E-state index < -0.39 is 40.0 Å². The van der Waals surface area contributed by atoms with E-state index in [9.17, 15) is 47.1 Å². The zero-order valence-electron chi connectivity index (χ0n) is 25.5. The average molecular weight is 660 g/mol. The number of amides is 2. The number of rotatable bonds is 8. The molecule has 2 aromatic carbocycles. The number of hydrogen-bond donors (Lipinski definition) is 2. The minimum absolute atomic E-state index is 0.0102. The molecule has 1 unspecified atom stereocenters. The van der Waals surface area contributed by atoms with Crippen LogP contribution < -0.4 is 4.90 Å². The maximum atomic E-state index is 14.7. The highest BCUT2D eigenvalue weighted by Gasteiger charge is 2.47. The van der Waals surface area contributed by atoms with Crippen molar-refractivity contribution in [3.05, 3.63) is 70.4 Å². The SMILES string of the molecule is CC1=C(C#N)[C@@H](c2ccc(C#N)cc2S(C)(=O)=O)N(C(=O)N(CCCCO)C2CCCCC2)C(O)N1c1cccc(C(F)(F)F)c1. The Morgan fingerprint density at radius 2 is 1.76 bits per heavy atom. The van der Waals surface area contributed by atoms with Crippen LogP contribution >= 0.6 is 0 Å². The third-order valence-electron chi connectivity index (χ3n) is 8.48. The van der Waals surface area contributed by atoms with Gasteiger partial charge in [0.15, 0.2) is 9.84 Å². The highest BCUT2D eigenvalue weighted by molar-refractivity contribution is 7.90. The van der Waals surface area contributed by atoms with Gasteiger partial charge in [-0.3, -0.25) is 4.90 Å². The Morgan fingerprint density at radius 1 is 1.07 bits per heavy atom. The van der Waals surface area contributed by atoms with Crippen molar-refractivity contribution in [3.8, 4) is 12.1 Å². The predicted octanol–water partition coefficient (Wildman–Crippen LogP) is 5.44. The summed E-state index contributed by atoms with van der Waals surface area (Å²) in [5, 5.41) is 41.4. The molecule has 0 bridgehead atoms. The fourth-order valence-corrected chi connectivity index (χ4v) is 7.18. The van der Waals surface area contributed by atoms with E-state index in [1.807, 2.05) is 12.1 Å². The number of anilines is 1. The molecule has 46 heavy (non-hydrogen) atoms. The van der Waals surface area contributed by atoms with Gasteiger partial charge in [0.05, 0.1) is 33.7 Å². The molecule has 10 nitrogen and oxygen atoms in total. The number of benzene rings is 2. The summed E-state index contributed by atoms with van der Waals surface area (Å²) >= 11 is 0. The summed E-state index contributed by atoms with van der Waals surface area (Å²) in [6.07, 6.45) is -1.02. The molecule has 0 radical (unpaired) electrons. The molecule has 1 fully saturated rings. The van der Waals surface area contributed by atoms with E-state index >= 15 is 0 Å². The van der Waals surface area contributed by atoms with Gasteiger partial charge >= 0.3 is 12.2 Å². The van der Waals surface area contributed by atoms with E-state index in [1.54, 1.807) is 4.90 Å². The molecular formula is C32H36F3N5O5S. The monoisotopic (exact) mass is 659 g/mol. The second-order valence-corrected chi connectivity index (χ2v) is 13.5. The van der Waals surface area contributed by atoms with Crippen LogP contribution in [0.3, 0.4) is 0 Å². The normalized spacial score (nSPS) is 19.5. The van der Waals surface area contributed by atoms with E-state index in [-0.39, 0.29) is 52.2 Å². The first-order valence-electron chi connectivity index (χ1n) is 14.9. The molecule has 1 heterocycles. The van der Waals surface area contributed by atoms with E-state index in [0.717, 1.165) is 59.6 Å². The topological polar surface area (TPSA) is 149 Å². The van der Waals surface area contributed by atoms with Crippen molar-refractivity contribution in [1.82, 2.24) is 9.80 Å². The van der Waals surface area contributed by atoms with Gasteiger partial charge in [0.25, 0.3) is 0 Å². The molecule has 246 valence electrons. The molecule has 2 aliphatic rings. The van der Waals surface area contributed by atoms with Gasteiger partial charge in [0.1, 0.15) is 6.04 Å². The Kier molecular flexibility index (Phi) is 10.7. The number of urea groups is 1. The van der Waals surface area contributed by atoms with Gasteiger partial charge in [-0.1, -0.05) is 31.4 Å². The van der Waals surface area contributed by atoms with Gasteiger partial charge in [-0.25, -0.2) is 13.2 Å². The summed E-state index contributed by atoms with van der Waals surface area (Å²) in [7, 11) is -4.06. The summed E-state index contributed by atoms with van der Waals surface area (Å²) in [5.41, 5.74) is -1.36. The molecule has 1 aliphatic heterocycles. The molecule has 4 rings (SSSR count). The number of carbonyl (C=O) groups excluding carboxylic acids is 1. The lowest BCUT2D eigenvalue weighted by Crippen LogP contribution is -2.60. The van der Waals surface area contributed by atoms with Gasteiger partial charge in [-0.15, -0.1) is 0 Å². The Hall–Kier alpha value is -4.11. The summed E-state index contributed by atoms with van der Waals surface area (Å²) < 4.78 is 67.3. The first kappa shape index (κ1) is 34.8. The number of aliphatic hydroxyl groups excluding tert-OH is 2. The van der Waals surface area contributed by atoms with Crippen molar-refractivity contribution in [3.63, 3.8) is 0 Å². The van der Waals surface area contributed by atoms with Crippen LogP contribution in [-0.4, -0.2) is 66.3 Å². The summed E-state index contributed by atoms with van der Waals surface area (Å²) in [4.78, 5) is 17.9. The van der Waals surface area contributed by atoms with Gasteiger partial charge in [-0.05, 0) is 68.5 Å². The molecule has 2 amide bonds. The molecule has 2 aromatic rings. The maximum absolute atomic E-state index is 14.7. The molecule has 0 aromatic heterocycles. The molecule has 0 spiro atoms. The summed E-state index contributed by atoms with van der Waals surface area (Å²) in [5.74, 6) is 0. The van der Waals surface area contributed by atoms with Crippen LogP contribution in [0.1, 0.15) is 74.6 Å². The minimum atomic E-state index is -4.72. The minimum Gasteiger partial charge on any atom is -0.396 e. The van der Waals surface area contributed by atoms with Gasteiger partial charge in [0, 0.05) is 36.8 Å². The lowest BCUT2D eigenvalue weighted by Gasteiger charge is -2.49. The van der Waals surface area contributed by atoms with Gasteiger partial charge < -0.3 is 20.0 Å². The Morgan fingerprint density at radius 3 is 2.35 bits per heavy atom. The zero-order chi connectivity index (χ0) is 33.8. The maximum Gasteiger partial charge on any atom is 0.416 e. The average Bonchev–Trinajstić information content (AvgIpc) is 3.02. The number of aliphatic hydroxyl groups is 2. The fraction of sp³-hybridized carbons (Fsp3) is 0.469. The number of carbonyl (C=O) groups is 1. The van der Waals surface area contributed by atoms with Crippen LogP contribution in [0, 0.1) is 22.7 Å². The standard InChI is InChI=1S/C32H36F3N5O5S/c1-21-27(20-37)29(26-14-13-22(19-36)17-28(26)46(2,44)45)40(30(42)38(15-6-7-16-41)24-10-4-3-5-11-24)31(43)39(21)25-12-8-9-23(18-25)32(33,34)35/h8-9,12-14,17-18,24,29,31,41,43H,3-7,10-11,15-16H2,1-2H3/t29-,31?/m1/s1. The summed E-state index contributed by atoms with van der Waals surface area (Å²) in [6, 6.07) is 9.32. The molecule has 1 aliphatic carbocycles. The quantitative estimate of drug-likeness (QED) is 0.356. The van der Waals surface area contributed by atoms with Crippen molar-refractivity contribution in [2.75, 3.05) is 24.3 Å². The highest BCUT2D eigenvalue weighted by Crippen LogP contribution is 2.44. The number of allylic oxidation sites excluding steroid dienone is 1. The summed E-state index contributed by atoms with van der Waals surface area (Å²) in [6.45, 7) is 1.47. The number of nitrogens with zero attached hydrogens (tertiary/aromatic N) is 5. The molecule has 1 saturated carbocycles. The van der Waals surface area contributed by atoms with Crippen LogP contribution in [0.15, 0.2) is 58.6 Å². The first-order valence-corrected chi connectivity index (χ1v) is 16.8. The molecular weight excluding hydrogens is 623 g/mol. The Labute approximate surface area is 266 Å². The second-order valence-electron chi connectivity index (χ2n) is 11.5. The number of sulfone groups is 1. The molecule has 2 atom stereocenters. The molecule has 2 N–H and O–H groups in total. The lowest BCUT2D eigenvalue weighted by molar-refractivity contribution is -0.137. The predicted molar refractivity (Wildman–Crippen MR) is 162 cm³/mol. The van der Waals surface area contributed by atoms with Gasteiger partial charge in [-0.2, -0.15) is 23.7 Å². The van der Waals surface area contributed by atoms with Crippen LogP contribution in [0.25, 0.3) is 0 Å². The van der Waals surface area contributed by atoms with Crippen molar-refractivity contribution in [2.45, 2.75) is 81.4 Å². The Bertz CT molecular complexity index is 1680. The van der Waals surface area contributed by atoms with Crippen LogP contribution in [0.4, 0.5) is 23.7 Å². The third kappa shape index (κ3) is 7.15. The number of alkyl halides is 3. The third-order valence-corrected chi connectivity index (χ3v) is 9.63. The smallest absolute Gasteiger partial charge is 0.396 e. The molecule has 14 heteroatoms. The van der Waals surface area contributed by atoms with Crippen LogP contribution in [0.5, 0.6) is 0 Å². The first-order chi connectivity index (χ1) is 21.7. The number of nitriles is 2. The second kappa shape index (κ2) is 14.1. The largest absolute Gasteiger partial charge is 0.416 e. The van der Waals surface area contributed by atoms with Crippen molar-refractivity contribution < 1.29 is 36.6 Å². The Balaban J connectivity index is 2.00. The number of unbranched alkanes of at least 4 members (excludes halogenated alkanes) is 1. The lowest BCUT2D eigenvalue weighted by atomic mass is 9.92. The van der Waals surface area contributed by atoms with E-state index in [1.165, 1.54) is 25.1 Å². The van der Waals surface area contributed by atoms with Gasteiger partial charge in [0.2, 0.25) is 6.35 Å². The number of halogens is 3.